The zero-order valence-corrected chi connectivity index (χ0v) is 17.0. The van der Waals surface area contributed by atoms with Gasteiger partial charge in [0.05, 0.1) is 24.7 Å². The summed E-state index contributed by atoms with van der Waals surface area (Å²) in [6.07, 6.45) is 1.61. The number of benzene rings is 1. The van der Waals surface area contributed by atoms with Crippen LogP contribution in [0.2, 0.25) is 5.02 Å². The van der Waals surface area contributed by atoms with Gasteiger partial charge in [0.2, 0.25) is 0 Å². The standard InChI is InChI=1S/C19H20ClN5O2S/c1-27-15-4-2-13(3-5-15)19-22-14(12-28-19)11-24-6-8-25(9-7-24)16-10-21-23-18(26)17(16)20/h2-5,10,12H,6-9,11H2,1H3,(H,23,26). The molecule has 1 N–H and O–H groups in total. The van der Waals surface area contributed by atoms with Crippen molar-refractivity contribution in [2.24, 2.45) is 0 Å². The predicted molar refractivity (Wildman–Crippen MR) is 111 cm³/mol. The van der Waals surface area contributed by atoms with Gasteiger partial charge in [-0.1, -0.05) is 11.6 Å². The Morgan fingerprint density at radius 3 is 2.68 bits per heavy atom. The van der Waals surface area contributed by atoms with E-state index in [1.807, 2.05) is 24.3 Å². The third-order valence-corrected chi connectivity index (χ3v) is 6.07. The Morgan fingerprint density at radius 1 is 1.21 bits per heavy atom. The molecule has 9 heteroatoms. The Morgan fingerprint density at radius 2 is 1.96 bits per heavy atom. The zero-order chi connectivity index (χ0) is 19.5. The zero-order valence-electron chi connectivity index (χ0n) is 15.4. The van der Waals surface area contributed by atoms with E-state index in [1.165, 1.54) is 0 Å². The van der Waals surface area contributed by atoms with E-state index >= 15 is 0 Å². The van der Waals surface area contributed by atoms with Crippen molar-refractivity contribution in [3.63, 3.8) is 0 Å². The quantitative estimate of drug-likeness (QED) is 0.688. The van der Waals surface area contributed by atoms with Crippen LogP contribution in [-0.4, -0.2) is 53.4 Å². The normalized spacial score (nSPS) is 15.0. The van der Waals surface area contributed by atoms with Crippen molar-refractivity contribution >= 4 is 28.6 Å². The number of thiazole rings is 1. The summed E-state index contributed by atoms with van der Waals surface area (Å²) in [5, 5.41) is 9.54. The molecule has 0 radical (unpaired) electrons. The highest BCUT2D eigenvalue weighted by atomic mass is 35.5. The highest BCUT2D eigenvalue weighted by molar-refractivity contribution is 7.13. The Balaban J connectivity index is 1.37. The van der Waals surface area contributed by atoms with Gasteiger partial charge in [0.15, 0.2) is 0 Å². The summed E-state index contributed by atoms with van der Waals surface area (Å²) >= 11 is 7.77. The van der Waals surface area contributed by atoms with Gasteiger partial charge in [-0.15, -0.1) is 11.3 Å². The molecule has 3 aromatic rings. The van der Waals surface area contributed by atoms with E-state index in [4.69, 9.17) is 21.3 Å². The fourth-order valence-electron chi connectivity index (χ4n) is 3.22. The first-order valence-corrected chi connectivity index (χ1v) is 10.2. The van der Waals surface area contributed by atoms with Crippen molar-refractivity contribution in [2.45, 2.75) is 6.54 Å². The van der Waals surface area contributed by atoms with Crippen LogP contribution >= 0.6 is 22.9 Å². The molecule has 0 spiro atoms. The Kier molecular flexibility index (Phi) is 5.61. The summed E-state index contributed by atoms with van der Waals surface area (Å²) < 4.78 is 5.21. The smallest absolute Gasteiger partial charge is 0.285 e. The second-order valence-corrected chi connectivity index (χ2v) is 7.77. The lowest BCUT2D eigenvalue weighted by atomic mass is 10.2. The van der Waals surface area contributed by atoms with E-state index in [2.05, 4.69) is 25.4 Å². The molecule has 1 aliphatic rings. The molecular formula is C19H20ClN5O2S. The van der Waals surface area contributed by atoms with Crippen molar-refractivity contribution in [2.75, 3.05) is 38.2 Å². The molecular weight excluding hydrogens is 398 g/mol. The third-order valence-electron chi connectivity index (χ3n) is 4.76. The number of hydrogen-bond donors (Lipinski definition) is 1. The number of aromatic amines is 1. The molecule has 2 aromatic heterocycles. The average Bonchev–Trinajstić information content (AvgIpc) is 3.19. The van der Waals surface area contributed by atoms with E-state index in [-0.39, 0.29) is 10.6 Å². The highest BCUT2D eigenvalue weighted by Crippen LogP contribution is 2.27. The molecule has 0 aliphatic carbocycles. The van der Waals surface area contributed by atoms with Crippen LogP contribution in [0.1, 0.15) is 5.69 Å². The molecule has 0 amide bonds. The molecule has 1 fully saturated rings. The number of nitrogens with one attached hydrogen (secondary N) is 1. The SMILES string of the molecule is COc1ccc(-c2nc(CN3CCN(c4cn[nH]c(=O)c4Cl)CC3)cs2)cc1. The molecule has 28 heavy (non-hydrogen) atoms. The van der Waals surface area contributed by atoms with Crippen LogP contribution in [0.5, 0.6) is 5.75 Å². The number of H-pyrrole nitrogens is 1. The third kappa shape index (κ3) is 4.04. The van der Waals surface area contributed by atoms with Gasteiger partial charge in [-0.05, 0) is 24.3 Å². The van der Waals surface area contributed by atoms with Crippen molar-refractivity contribution in [3.8, 4) is 16.3 Å². The average molecular weight is 418 g/mol. The lowest BCUT2D eigenvalue weighted by molar-refractivity contribution is 0.247. The van der Waals surface area contributed by atoms with Crippen LogP contribution in [0.4, 0.5) is 5.69 Å². The fourth-order valence-corrected chi connectivity index (χ4v) is 4.24. The summed E-state index contributed by atoms with van der Waals surface area (Å²) in [6.45, 7) is 4.14. The fraction of sp³-hybridized carbons (Fsp3) is 0.316. The number of methoxy groups -OCH3 is 1. The van der Waals surface area contributed by atoms with Gasteiger partial charge in [-0.25, -0.2) is 10.1 Å². The molecule has 1 aromatic carbocycles. The molecule has 0 saturated carbocycles. The summed E-state index contributed by atoms with van der Waals surface area (Å²) in [6, 6.07) is 7.95. The molecule has 0 bridgehead atoms. The number of nitrogens with zero attached hydrogens (tertiary/aromatic N) is 4. The number of halogens is 1. The van der Waals surface area contributed by atoms with Crippen LogP contribution in [0.25, 0.3) is 10.6 Å². The number of ether oxygens (including phenoxy) is 1. The minimum atomic E-state index is -0.352. The second-order valence-electron chi connectivity index (χ2n) is 6.53. The van der Waals surface area contributed by atoms with E-state index < -0.39 is 0 Å². The van der Waals surface area contributed by atoms with Crippen molar-refractivity contribution < 1.29 is 4.74 Å². The number of hydrogen-bond acceptors (Lipinski definition) is 7. The molecule has 7 nitrogen and oxygen atoms in total. The highest BCUT2D eigenvalue weighted by Gasteiger charge is 2.21. The van der Waals surface area contributed by atoms with Crippen LogP contribution in [0.3, 0.4) is 0 Å². The summed E-state index contributed by atoms with van der Waals surface area (Å²) in [5.74, 6) is 0.842. The maximum atomic E-state index is 11.6. The molecule has 0 unspecified atom stereocenters. The van der Waals surface area contributed by atoms with Crippen molar-refractivity contribution in [1.82, 2.24) is 20.1 Å². The molecule has 0 atom stereocenters. The predicted octanol–water partition coefficient (Wildman–Crippen LogP) is 2.88. The number of aromatic nitrogens is 3. The molecule has 1 aliphatic heterocycles. The van der Waals surface area contributed by atoms with Crippen LogP contribution in [0, 0.1) is 0 Å². The van der Waals surface area contributed by atoms with Gasteiger partial charge in [0.1, 0.15) is 15.8 Å². The Hall–Kier alpha value is -2.42. The first-order valence-electron chi connectivity index (χ1n) is 8.93. The second kappa shape index (κ2) is 8.30. The van der Waals surface area contributed by atoms with E-state index in [0.717, 1.165) is 54.7 Å². The molecule has 1 saturated heterocycles. The van der Waals surface area contributed by atoms with Crippen molar-refractivity contribution in [1.29, 1.82) is 0 Å². The van der Waals surface area contributed by atoms with Gasteiger partial charge < -0.3 is 9.64 Å². The largest absolute Gasteiger partial charge is 0.497 e. The summed E-state index contributed by atoms with van der Waals surface area (Å²) in [5.41, 5.74) is 2.51. The molecule has 3 heterocycles. The number of rotatable bonds is 5. The Labute approximate surface area is 171 Å². The van der Waals surface area contributed by atoms with Crippen molar-refractivity contribution in [3.05, 3.63) is 56.9 Å². The topological polar surface area (TPSA) is 74.3 Å². The number of piperazine rings is 1. The summed E-state index contributed by atoms with van der Waals surface area (Å²) in [4.78, 5) is 20.9. The minimum absolute atomic E-state index is 0.201. The van der Waals surface area contributed by atoms with Crippen LogP contribution < -0.4 is 15.2 Å². The molecule has 146 valence electrons. The monoisotopic (exact) mass is 417 g/mol. The summed E-state index contributed by atoms with van der Waals surface area (Å²) in [7, 11) is 1.66. The van der Waals surface area contributed by atoms with E-state index in [9.17, 15) is 4.79 Å². The van der Waals surface area contributed by atoms with Gasteiger partial charge in [0, 0.05) is 43.7 Å². The minimum Gasteiger partial charge on any atom is -0.497 e. The van der Waals surface area contributed by atoms with Gasteiger partial charge in [-0.3, -0.25) is 9.69 Å². The maximum Gasteiger partial charge on any atom is 0.285 e. The number of anilines is 1. The maximum absolute atomic E-state index is 11.6. The van der Waals surface area contributed by atoms with E-state index in [1.54, 1.807) is 24.6 Å². The Bertz CT molecular complexity index is 996. The lowest BCUT2D eigenvalue weighted by Gasteiger charge is -2.35. The lowest BCUT2D eigenvalue weighted by Crippen LogP contribution is -2.46. The first-order chi connectivity index (χ1) is 13.6. The van der Waals surface area contributed by atoms with Crippen LogP contribution in [-0.2, 0) is 6.54 Å². The molecule has 4 rings (SSSR count). The van der Waals surface area contributed by atoms with Gasteiger partial charge in [-0.2, -0.15) is 5.10 Å². The van der Waals surface area contributed by atoms with Gasteiger partial charge >= 0.3 is 0 Å². The van der Waals surface area contributed by atoms with E-state index in [0.29, 0.717) is 5.69 Å². The van der Waals surface area contributed by atoms with Gasteiger partial charge in [0.25, 0.3) is 5.56 Å². The first kappa shape index (κ1) is 18.9. The van der Waals surface area contributed by atoms with Crippen LogP contribution in [0.15, 0.2) is 40.6 Å².